The Hall–Kier alpha value is -1.95. The summed E-state index contributed by atoms with van der Waals surface area (Å²) in [6.45, 7) is 2.78. The van der Waals surface area contributed by atoms with Crippen LogP contribution in [0.2, 0.25) is 0 Å². The lowest BCUT2D eigenvalue weighted by Gasteiger charge is -2.11. The number of carbonyl (C=O) groups excluding carboxylic acids is 1. The van der Waals surface area contributed by atoms with Crippen molar-refractivity contribution in [1.82, 2.24) is 4.98 Å². The predicted molar refractivity (Wildman–Crippen MR) is 85.1 cm³/mol. The molecule has 2 aromatic rings. The number of benzene rings is 1. The first kappa shape index (κ1) is 15.4. The number of anilines is 2. The van der Waals surface area contributed by atoms with Crippen molar-refractivity contribution in [1.29, 1.82) is 0 Å². The molecule has 2 N–H and O–H groups in total. The van der Waals surface area contributed by atoms with Crippen molar-refractivity contribution >= 4 is 33.2 Å². The SMILES string of the molecule is CCCNc1ccncc1C(=O)Nc1cc(Br)ccc1F. The van der Waals surface area contributed by atoms with Gasteiger partial charge in [-0.05, 0) is 30.7 Å². The maximum Gasteiger partial charge on any atom is 0.259 e. The summed E-state index contributed by atoms with van der Waals surface area (Å²) in [7, 11) is 0. The number of carbonyl (C=O) groups is 1. The molecular formula is C15H15BrFN3O. The fourth-order valence-electron chi connectivity index (χ4n) is 1.77. The van der Waals surface area contributed by atoms with Crippen molar-refractivity contribution in [3.63, 3.8) is 0 Å². The van der Waals surface area contributed by atoms with Crippen LogP contribution >= 0.6 is 15.9 Å². The van der Waals surface area contributed by atoms with Gasteiger partial charge in [0.05, 0.1) is 16.9 Å². The third-order valence-corrected chi connectivity index (χ3v) is 3.30. The summed E-state index contributed by atoms with van der Waals surface area (Å²) in [5.74, 6) is -0.891. The lowest BCUT2D eigenvalue weighted by Crippen LogP contribution is -2.16. The van der Waals surface area contributed by atoms with Crippen molar-refractivity contribution in [3.05, 3.63) is 52.5 Å². The molecule has 0 radical (unpaired) electrons. The molecule has 0 unspecified atom stereocenters. The lowest BCUT2D eigenvalue weighted by molar-refractivity contribution is 0.102. The van der Waals surface area contributed by atoms with Gasteiger partial charge in [0.15, 0.2) is 0 Å². The van der Waals surface area contributed by atoms with E-state index in [1.54, 1.807) is 18.3 Å². The summed E-state index contributed by atoms with van der Waals surface area (Å²) < 4.78 is 14.4. The highest BCUT2D eigenvalue weighted by molar-refractivity contribution is 9.10. The molecule has 0 saturated carbocycles. The number of hydrogen-bond donors (Lipinski definition) is 2. The number of hydrogen-bond acceptors (Lipinski definition) is 3. The molecule has 21 heavy (non-hydrogen) atoms. The zero-order valence-corrected chi connectivity index (χ0v) is 13.1. The maximum absolute atomic E-state index is 13.7. The highest BCUT2D eigenvalue weighted by atomic mass is 79.9. The van der Waals surface area contributed by atoms with Crippen molar-refractivity contribution in [2.24, 2.45) is 0 Å². The highest BCUT2D eigenvalue weighted by Crippen LogP contribution is 2.22. The Morgan fingerprint density at radius 1 is 1.33 bits per heavy atom. The molecule has 2 rings (SSSR count). The molecule has 110 valence electrons. The third kappa shape index (κ3) is 4.01. The van der Waals surface area contributed by atoms with Gasteiger partial charge >= 0.3 is 0 Å². The second kappa shape index (κ2) is 7.17. The van der Waals surface area contributed by atoms with Gasteiger partial charge in [0.1, 0.15) is 5.82 Å². The van der Waals surface area contributed by atoms with Gasteiger partial charge in [-0.1, -0.05) is 22.9 Å². The van der Waals surface area contributed by atoms with Crippen molar-refractivity contribution in [3.8, 4) is 0 Å². The van der Waals surface area contributed by atoms with Crippen LogP contribution in [-0.4, -0.2) is 17.4 Å². The van der Waals surface area contributed by atoms with Gasteiger partial charge in [0.2, 0.25) is 0 Å². The van der Waals surface area contributed by atoms with Gasteiger partial charge in [-0.2, -0.15) is 0 Å². The number of aromatic nitrogens is 1. The van der Waals surface area contributed by atoms with Crippen LogP contribution in [0.5, 0.6) is 0 Å². The van der Waals surface area contributed by atoms with E-state index in [0.717, 1.165) is 13.0 Å². The lowest BCUT2D eigenvalue weighted by atomic mass is 10.2. The van der Waals surface area contributed by atoms with E-state index in [1.165, 1.54) is 18.3 Å². The van der Waals surface area contributed by atoms with Crippen LogP contribution in [0.4, 0.5) is 15.8 Å². The molecular weight excluding hydrogens is 337 g/mol. The second-order valence-corrected chi connectivity index (χ2v) is 5.34. The Kier molecular flexibility index (Phi) is 5.27. The van der Waals surface area contributed by atoms with E-state index in [2.05, 4.69) is 31.5 Å². The first-order chi connectivity index (χ1) is 10.1. The number of pyridine rings is 1. The van der Waals surface area contributed by atoms with Crippen LogP contribution in [-0.2, 0) is 0 Å². The number of rotatable bonds is 5. The van der Waals surface area contributed by atoms with E-state index in [1.807, 2.05) is 6.92 Å². The van der Waals surface area contributed by atoms with Crippen molar-refractivity contribution in [2.75, 3.05) is 17.2 Å². The van der Waals surface area contributed by atoms with Crippen LogP contribution in [0, 0.1) is 5.82 Å². The number of amides is 1. The highest BCUT2D eigenvalue weighted by Gasteiger charge is 2.13. The molecule has 1 aromatic carbocycles. The van der Waals surface area contributed by atoms with Gasteiger partial charge in [-0.25, -0.2) is 4.39 Å². The van der Waals surface area contributed by atoms with Gasteiger partial charge in [0.25, 0.3) is 5.91 Å². The largest absolute Gasteiger partial charge is 0.384 e. The van der Waals surface area contributed by atoms with E-state index in [-0.39, 0.29) is 5.69 Å². The van der Waals surface area contributed by atoms with E-state index in [0.29, 0.717) is 15.7 Å². The van der Waals surface area contributed by atoms with Crippen LogP contribution in [0.25, 0.3) is 0 Å². The van der Waals surface area contributed by atoms with Crippen LogP contribution in [0.1, 0.15) is 23.7 Å². The summed E-state index contributed by atoms with van der Waals surface area (Å²) in [6, 6.07) is 6.10. The fourth-order valence-corrected chi connectivity index (χ4v) is 2.13. The number of nitrogens with zero attached hydrogens (tertiary/aromatic N) is 1. The average Bonchev–Trinajstić information content (AvgIpc) is 2.49. The second-order valence-electron chi connectivity index (χ2n) is 4.43. The standard InChI is InChI=1S/C15H15BrFN3O/c1-2-6-19-13-5-7-18-9-11(13)15(21)20-14-8-10(16)3-4-12(14)17/h3-5,7-9H,2,6H2,1H3,(H,18,19)(H,20,21). The molecule has 4 nitrogen and oxygen atoms in total. The number of halogens is 2. The van der Waals surface area contributed by atoms with E-state index < -0.39 is 11.7 Å². The quantitative estimate of drug-likeness (QED) is 0.853. The Labute approximate surface area is 130 Å². The molecule has 0 aliphatic carbocycles. The zero-order valence-electron chi connectivity index (χ0n) is 11.5. The van der Waals surface area contributed by atoms with Crippen LogP contribution in [0.15, 0.2) is 41.1 Å². The maximum atomic E-state index is 13.7. The Bertz CT molecular complexity index is 649. The normalized spacial score (nSPS) is 10.2. The first-order valence-electron chi connectivity index (χ1n) is 6.56. The molecule has 0 bridgehead atoms. The van der Waals surface area contributed by atoms with Gasteiger partial charge < -0.3 is 10.6 Å². The molecule has 0 atom stereocenters. The Balaban J connectivity index is 2.22. The smallest absolute Gasteiger partial charge is 0.259 e. The molecule has 1 amide bonds. The van der Waals surface area contributed by atoms with Crippen LogP contribution in [0.3, 0.4) is 0 Å². The monoisotopic (exact) mass is 351 g/mol. The Morgan fingerprint density at radius 3 is 2.90 bits per heavy atom. The van der Waals surface area contributed by atoms with E-state index >= 15 is 0 Å². The predicted octanol–water partition coefficient (Wildman–Crippen LogP) is 4.06. The van der Waals surface area contributed by atoms with E-state index in [9.17, 15) is 9.18 Å². The van der Waals surface area contributed by atoms with Gasteiger partial charge in [-0.3, -0.25) is 9.78 Å². The topological polar surface area (TPSA) is 54.0 Å². The molecule has 0 aliphatic rings. The molecule has 0 fully saturated rings. The minimum atomic E-state index is -0.487. The van der Waals surface area contributed by atoms with E-state index in [4.69, 9.17) is 0 Å². The summed E-state index contributed by atoms with van der Waals surface area (Å²) in [6.07, 6.45) is 4.00. The average molecular weight is 352 g/mol. The molecule has 0 saturated heterocycles. The number of nitrogens with one attached hydrogen (secondary N) is 2. The zero-order chi connectivity index (χ0) is 15.2. The Morgan fingerprint density at radius 2 is 2.14 bits per heavy atom. The molecule has 0 aliphatic heterocycles. The molecule has 0 spiro atoms. The summed E-state index contributed by atoms with van der Waals surface area (Å²) in [5.41, 5.74) is 1.18. The van der Waals surface area contributed by atoms with Gasteiger partial charge in [-0.15, -0.1) is 0 Å². The summed E-state index contributed by atoms with van der Waals surface area (Å²) >= 11 is 3.25. The third-order valence-electron chi connectivity index (χ3n) is 2.81. The van der Waals surface area contributed by atoms with Gasteiger partial charge in [0, 0.05) is 23.4 Å². The first-order valence-corrected chi connectivity index (χ1v) is 7.35. The molecule has 1 heterocycles. The minimum absolute atomic E-state index is 0.125. The van der Waals surface area contributed by atoms with Crippen molar-refractivity contribution < 1.29 is 9.18 Å². The minimum Gasteiger partial charge on any atom is -0.384 e. The fraction of sp³-hybridized carbons (Fsp3) is 0.200. The van der Waals surface area contributed by atoms with Crippen LogP contribution < -0.4 is 10.6 Å². The van der Waals surface area contributed by atoms with Crippen molar-refractivity contribution in [2.45, 2.75) is 13.3 Å². The summed E-state index contributed by atoms with van der Waals surface area (Å²) in [4.78, 5) is 16.2. The molecule has 6 heteroatoms. The summed E-state index contributed by atoms with van der Waals surface area (Å²) in [5, 5.41) is 5.71. The molecule has 1 aromatic heterocycles.